The lowest BCUT2D eigenvalue weighted by atomic mass is 9.87. The number of nitrogens with two attached hydrogens (primary N) is 1. The van der Waals surface area contributed by atoms with Gasteiger partial charge < -0.3 is 16.4 Å². The van der Waals surface area contributed by atoms with Crippen molar-refractivity contribution >= 4 is 11.9 Å². The van der Waals surface area contributed by atoms with Crippen molar-refractivity contribution in [2.24, 2.45) is 16.6 Å². The van der Waals surface area contributed by atoms with Crippen LogP contribution in [0.2, 0.25) is 0 Å². The average Bonchev–Trinajstić information content (AvgIpc) is 2.34. The van der Waals surface area contributed by atoms with Gasteiger partial charge in [0.1, 0.15) is 0 Å². The first kappa shape index (κ1) is 16.8. The van der Waals surface area contributed by atoms with Crippen LogP contribution in [0, 0.1) is 5.92 Å². The molecular weight excluding hydrogens is 252 g/mol. The van der Waals surface area contributed by atoms with E-state index in [1.54, 1.807) is 0 Å². The standard InChI is InChI=1S/C15H30N4O/c1-15(2,3)19-14(16)18-10-9-17-13(20)11-12-7-5-4-6-8-12/h12H,4-11H2,1-3H3,(H,17,20)(H3,16,18,19). The first-order valence-electron chi connectivity index (χ1n) is 7.71. The topological polar surface area (TPSA) is 79.5 Å². The van der Waals surface area contributed by atoms with Gasteiger partial charge >= 0.3 is 0 Å². The maximum Gasteiger partial charge on any atom is 0.220 e. The minimum Gasteiger partial charge on any atom is -0.370 e. The van der Waals surface area contributed by atoms with Gasteiger partial charge in [-0.25, -0.2) is 0 Å². The Labute approximate surface area is 122 Å². The van der Waals surface area contributed by atoms with Crippen LogP contribution in [-0.2, 0) is 4.79 Å². The summed E-state index contributed by atoms with van der Waals surface area (Å²) in [4.78, 5) is 16.0. The fourth-order valence-corrected chi connectivity index (χ4v) is 2.52. The Morgan fingerprint density at radius 2 is 1.90 bits per heavy atom. The Hall–Kier alpha value is -1.26. The number of nitrogens with one attached hydrogen (secondary N) is 2. The predicted molar refractivity (Wildman–Crippen MR) is 83.6 cm³/mol. The van der Waals surface area contributed by atoms with Crippen molar-refractivity contribution in [3.8, 4) is 0 Å². The normalized spacial score (nSPS) is 17.9. The minimum absolute atomic E-state index is 0.0855. The molecule has 0 heterocycles. The van der Waals surface area contributed by atoms with Gasteiger partial charge in [0.25, 0.3) is 0 Å². The molecule has 1 aliphatic carbocycles. The lowest BCUT2D eigenvalue weighted by Gasteiger charge is -2.21. The van der Waals surface area contributed by atoms with Gasteiger partial charge in [-0.2, -0.15) is 0 Å². The second-order valence-electron chi connectivity index (χ2n) is 6.70. The molecule has 20 heavy (non-hydrogen) atoms. The Kier molecular flexibility index (Phi) is 6.82. The molecule has 5 nitrogen and oxygen atoms in total. The molecule has 1 rings (SSSR count). The summed E-state index contributed by atoms with van der Waals surface area (Å²) < 4.78 is 0. The van der Waals surface area contributed by atoms with E-state index in [-0.39, 0.29) is 11.4 Å². The van der Waals surface area contributed by atoms with Gasteiger partial charge in [-0.05, 0) is 39.5 Å². The van der Waals surface area contributed by atoms with Crippen molar-refractivity contribution in [3.05, 3.63) is 0 Å². The van der Waals surface area contributed by atoms with Crippen LogP contribution in [0.1, 0.15) is 59.3 Å². The van der Waals surface area contributed by atoms with Crippen molar-refractivity contribution in [1.29, 1.82) is 0 Å². The molecule has 1 fully saturated rings. The number of guanidine groups is 1. The number of carbonyl (C=O) groups is 1. The first-order chi connectivity index (χ1) is 9.37. The monoisotopic (exact) mass is 282 g/mol. The molecule has 0 aromatic heterocycles. The predicted octanol–water partition coefficient (Wildman–Crippen LogP) is 1.78. The van der Waals surface area contributed by atoms with E-state index in [0.717, 1.165) is 0 Å². The summed E-state index contributed by atoms with van der Waals surface area (Å²) in [5.41, 5.74) is 5.67. The van der Waals surface area contributed by atoms with Crippen molar-refractivity contribution in [2.45, 2.75) is 64.8 Å². The van der Waals surface area contributed by atoms with Gasteiger partial charge in [-0.1, -0.05) is 19.3 Å². The van der Waals surface area contributed by atoms with E-state index in [0.29, 0.717) is 31.4 Å². The van der Waals surface area contributed by atoms with Crippen molar-refractivity contribution in [2.75, 3.05) is 13.1 Å². The zero-order valence-corrected chi connectivity index (χ0v) is 13.2. The number of aliphatic imine (C=N–C) groups is 1. The molecule has 0 spiro atoms. The molecule has 0 bridgehead atoms. The summed E-state index contributed by atoms with van der Waals surface area (Å²) in [6.07, 6.45) is 6.95. The SMILES string of the molecule is CC(C)(C)NC(N)=NCCNC(=O)CC1CCCCC1. The molecule has 0 radical (unpaired) electrons. The molecule has 1 saturated carbocycles. The van der Waals surface area contributed by atoms with Gasteiger partial charge in [0, 0.05) is 18.5 Å². The van der Waals surface area contributed by atoms with Crippen LogP contribution < -0.4 is 16.4 Å². The fourth-order valence-electron chi connectivity index (χ4n) is 2.52. The van der Waals surface area contributed by atoms with Gasteiger partial charge in [-0.15, -0.1) is 0 Å². The highest BCUT2D eigenvalue weighted by Crippen LogP contribution is 2.25. The van der Waals surface area contributed by atoms with Gasteiger partial charge in [0.05, 0.1) is 6.54 Å². The van der Waals surface area contributed by atoms with Crippen LogP contribution in [0.15, 0.2) is 4.99 Å². The number of carbonyl (C=O) groups excluding carboxylic acids is 1. The van der Waals surface area contributed by atoms with E-state index in [1.165, 1.54) is 32.1 Å². The first-order valence-corrected chi connectivity index (χ1v) is 7.71. The Morgan fingerprint density at radius 3 is 2.50 bits per heavy atom. The smallest absolute Gasteiger partial charge is 0.220 e. The molecular formula is C15H30N4O. The molecule has 0 aliphatic heterocycles. The van der Waals surface area contributed by atoms with Crippen molar-refractivity contribution in [1.82, 2.24) is 10.6 Å². The van der Waals surface area contributed by atoms with Gasteiger partial charge in [0.15, 0.2) is 5.96 Å². The molecule has 0 aromatic rings. The number of nitrogens with zero attached hydrogens (tertiary/aromatic N) is 1. The van der Waals surface area contributed by atoms with E-state index in [4.69, 9.17) is 5.73 Å². The average molecular weight is 282 g/mol. The summed E-state index contributed by atoms with van der Waals surface area (Å²) in [6.45, 7) is 7.16. The van der Waals surface area contributed by atoms with Crippen LogP contribution in [0.25, 0.3) is 0 Å². The quantitative estimate of drug-likeness (QED) is 0.408. The second-order valence-corrected chi connectivity index (χ2v) is 6.70. The molecule has 0 atom stereocenters. The highest BCUT2D eigenvalue weighted by molar-refractivity contribution is 5.78. The molecule has 4 N–H and O–H groups in total. The maximum absolute atomic E-state index is 11.8. The molecule has 1 amide bonds. The van der Waals surface area contributed by atoms with E-state index in [1.807, 2.05) is 20.8 Å². The Balaban J connectivity index is 2.13. The lowest BCUT2D eigenvalue weighted by molar-refractivity contribution is -0.122. The maximum atomic E-state index is 11.8. The largest absolute Gasteiger partial charge is 0.370 e. The van der Waals surface area contributed by atoms with Gasteiger partial charge in [0.2, 0.25) is 5.91 Å². The second kappa shape index (κ2) is 8.12. The van der Waals surface area contributed by atoms with Crippen LogP contribution >= 0.6 is 0 Å². The molecule has 5 heteroatoms. The number of rotatable bonds is 5. The third-order valence-electron chi connectivity index (χ3n) is 3.42. The summed E-state index contributed by atoms with van der Waals surface area (Å²) in [5.74, 6) is 1.16. The summed E-state index contributed by atoms with van der Waals surface area (Å²) in [5, 5.41) is 6.01. The number of amides is 1. The molecule has 1 aliphatic rings. The van der Waals surface area contributed by atoms with Crippen molar-refractivity contribution < 1.29 is 4.79 Å². The van der Waals surface area contributed by atoms with Crippen molar-refractivity contribution in [3.63, 3.8) is 0 Å². The third kappa shape index (κ3) is 8.02. The molecule has 0 saturated heterocycles. The summed E-state index contributed by atoms with van der Waals surface area (Å²) in [6, 6.07) is 0. The zero-order chi connectivity index (χ0) is 15.0. The van der Waals surface area contributed by atoms with Gasteiger partial charge in [-0.3, -0.25) is 9.79 Å². The van der Waals surface area contributed by atoms with E-state index in [9.17, 15) is 4.79 Å². The highest BCUT2D eigenvalue weighted by Gasteiger charge is 2.16. The Morgan fingerprint density at radius 1 is 1.25 bits per heavy atom. The minimum atomic E-state index is -0.0855. The fraction of sp³-hybridized carbons (Fsp3) is 0.867. The summed E-state index contributed by atoms with van der Waals surface area (Å²) >= 11 is 0. The zero-order valence-electron chi connectivity index (χ0n) is 13.2. The molecule has 0 aromatic carbocycles. The molecule has 0 unspecified atom stereocenters. The van der Waals surface area contributed by atoms with Crippen LogP contribution in [0.3, 0.4) is 0 Å². The van der Waals surface area contributed by atoms with E-state index in [2.05, 4.69) is 15.6 Å². The number of hydrogen-bond donors (Lipinski definition) is 3. The van der Waals surface area contributed by atoms with E-state index >= 15 is 0 Å². The van der Waals surface area contributed by atoms with Crippen LogP contribution in [-0.4, -0.2) is 30.5 Å². The third-order valence-corrected chi connectivity index (χ3v) is 3.42. The lowest BCUT2D eigenvalue weighted by Crippen LogP contribution is -2.45. The number of hydrogen-bond acceptors (Lipinski definition) is 2. The van der Waals surface area contributed by atoms with Crippen LogP contribution in [0.4, 0.5) is 0 Å². The van der Waals surface area contributed by atoms with E-state index < -0.39 is 0 Å². The molecule has 116 valence electrons. The van der Waals surface area contributed by atoms with Crippen LogP contribution in [0.5, 0.6) is 0 Å². The summed E-state index contributed by atoms with van der Waals surface area (Å²) in [7, 11) is 0. The Bertz CT molecular complexity index is 327. The highest BCUT2D eigenvalue weighted by atomic mass is 16.1.